The molecule has 1 amide bonds. The minimum atomic E-state index is -0.265. The van der Waals surface area contributed by atoms with Gasteiger partial charge in [0.05, 0.1) is 6.54 Å². The van der Waals surface area contributed by atoms with E-state index in [1.807, 2.05) is 18.2 Å². The van der Waals surface area contributed by atoms with Crippen LogP contribution in [0.2, 0.25) is 0 Å². The van der Waals surface area contributed by atoms with Crippen molar-refractivity contribution in [2.24, 2.45) is 0 Å². The highest BCUT2D eigenvalue weighted by molar-refractivity contribution is 5.91. The van der Waals surface area contributed by atoms with Crippen molar-refractivity contribution in [3.63, 3.8) is 0 Å². The van der Waals surface area contributed by atoms with E-state index in [0.29, 0.717) is 19.0 Å². The van der Waals surface area contributed by atoms with E-state index >= 15 is 0 Å². The minimum absolute atomic E-state index is 0.265. The number of H-pyrrole nitrogens is 1. The Morgan fingerprint density at radius 1 is 1.05 bits per heavy atom. The molecular weight excluding hydrogens is 462 g/mol. The Labute approximate surface area is 216 Å². The Morgan fingerprint density at radius 2 is 1.95 bits per heavy atom. The van der Waals surface area contributed by atoms with E-state index in [2.05, 4.69) is 81.6 Å². The summed E-state index contributed by atoms with van der Waals surface area (Å²) in [5, 5.41) is 4.12. The summed E-state index contributed by atoms with van der Waals surface area (Å²) in [7, 11) is 0. The zero-order valence-corrected chi connectivity index (χ0v) is 21.2. The molecule has 37 heavy (non-hydrogen) atoms. The molecule has 7 nitrogen and oxygen atoms in total. The standard InChI is InChI=1S/C30H31N5O2/c1-21-9-10-25(22(2)14-21)18-35(13-11-24-17-32-27-8-4-3-7-26(24)27)19-29-34-28(20-37-29)30(36)33-16-23-6-5-12-31-15-23/h3-10,12,14-15,17,20,32H,11,13,16,18-19H2,1-2H3,(H,33,36). The molecule has 3 heterocycles. The van der Waals surface area contributed by atoms with Crippen molar-refractivity contribution in [1.82, 2.24) is 25.2 Å². The lowest BCUT2D eigenvalue weighted by Crippen LogP contribution is -2.26. The van der Waals surface area contributed by atoms with Crippen LogP contribution >= 0.6 is 0 Å². The van der Waals surface area contributed by atoms with E-state index in [-0.39, 0.29) is 11.6 Å². The highest BCUT2D eigenvalue weighted by atomic mass is 16.3. The number of aryl methyl sites for hydroxylation is 2. The number of para-hydroxylation sites is 1. The lowest BCUT2D eigenvalue weighted by molar-refractivity contribution is 0.0945. The highest BCUT2D eigenvalue weighted by Crippen LogP contribution is 2.20. The average molecular weight is 494 g/mol. The predicted octanol–water partition coefficient (Wildman–Crippen LogP) is 5.34. The molecule has 0 radical (unpaired) electrons. The van der Waals surface area contributed by atoms with Gasteiger partial charge in [0, 0.05) is 49.1 Å². The van der Waals surface area contributed by atoms with Gasteiger partial charge in [0.2, 0.25) is 5.89 Å². The Hall–Kier alpha value is -4.23. The zero-order valence-electron chi connectivity index (χ0n) is 21.2. The molecule has 0 spiro atoms. The SMILES string of the molecule is Cc1ccc(CN(CCc2c[nH]c3ccccc23)Cc2nc(C(=O)NCc3cccnc3)co2)c(C)c1. The number of fused-ring (bicyclic) bond motifs is 1. The molecule has 3 aromatic heterocycles. The molecule has 0 unspecified atom stereocenters. The van der Waals surface area contributed by atoms with Crippen molar-refractivity contribution in [1.29, 1.82) is 0 Å². The van der Waals surface area contributed by atoms with Gasteiger partial charge in [-0.15, -0.1) is 0 Å². The highest BCUT2D eigenvalue weighted by Gasteiger charge is 2.17. The third-order valence-electron chi connectivity index (χ3n) is 6.58. The summed E-state index contributed by atoms with van der Waals surface area (Å²) in [5.41, 5.74) is 7.42. The second kappa shape index (κ2) is 11.2. The molecule has 0 aliphatic carbocycles. The summed E-state index contributed by atoms with van der Waals surface area (Å²) in [6, 6.07) is 18.7. The molecule has 5 rings (SSSR count). The van der Waals surface area contributed by atoms with E-state index in [1.54, 1.807) is 12.4 Å². The lowest BCUT2D eigenvalue weighted by atomic mass is 10.0. The normalized spacial score (nSPS) is 11.3. The van der Waals surface area contributed by atoms with Gasteiger partial charge in [-0.2, -0.15) is 0 Å². The molecule has 0 fully saturated rings. The van der Waals surface area contributed by atoms with Crippen LogP contribution in [-0.4, -0.2) is 32.3 Å². The van der Waals surface area contributed by atoms with Crippen molar-refractivity contribution in [3.05, 3.63) is 119 Å². The summed E-state index contributed by atoms with van der Waals surface area (Å²) in [5.74, 6) is 0.258. The van der Waals surface area contributed by atoms with Gasteiger partial charge >= 0.3 is 0 Å². The third-order valence-corrected chi connectivity index (χ3v) is 6.58. The van der Waals surface area contributed by atoms with Crippen LogP contribution in [0, 0.1) is 13.8 Å². The number of aromatic nitrogens is 3. The Bertz CT molecular complexity index is 1490. The lowest BCUT2D eigenvalue weighted by Gasteiger charge is -2.22. The zero-order chi connectivity index (χ0) is 25.6. The van der Waals surface area contributed by atoms with Gasteiger partial charge in [-0.05, 0) is 54.7 Å². The van der Waals surface area contributed by atoms with Gasteiger partial charge in [-0.25, -0.2) is 4.98 Å². The van der Waals surface area contributed by atoms with Crippen LogP contribution in [0.25, 0.3) is 10.9 Å². The first kappa shape index (κ1) is 24.5. The predicted molar refractivity (Wildman–Crippen MR) is 144 cm³/mol. The number of benzene rings is 2. The van der Waals surface area contributed by atoms with Crippen LogP contribution in [0.4, 0.5) is 0 Å². The maximum Gasteiger partial charge on any atom is 0.273 e. The summed E-state index contributed by atoms with van der Waals surface area (Å²) in [6.07, 6.45) is 7.84. The van der Waals surface area contributed by atoms with Crippen molar-refractivity contribution in [2.75, 3.05) is 6.54 Å². The van der Waals surface area contributed by atoms with Crippen LogP contribution in [0.3, 0.4) is 0 Å². The van der Waals surface area contributed by atoms with Crippen LogP contribution in [0.5, 0.6) is 0 Å². The number of amides is 1. The molecule has 0 saturated carbocycles. The second-order valence-electron chi connectivity index (χ2n) is 9.42. The van der Waals surface area contributed by atoms with Crippen LogP contribution in [0.1, 0.15) is 44.2 Å². The monoisotopic (exact) mass is 493 g/mol. The first-order chi connectivity index (χ1) is 18.0. The number of aromatic amines is 1. The van der Waals surface area contributed by atoms with Gasteiger partial charge in [-0.3, -0.25) is 14.7 Å². The molecule has 2 aromatic carbocycles. The number of nitrogens with one attached hydrogen (secondary N) is 2. The number of rotatable bonds is 10. The summed E-state index contributed by atoms with van der Waals surface area (Å²) in [4.78, 5) is 26.9. The fourth-order valence-corrected chi connectivity index (χ4v) is 4.55. The largest absolute Gasteiger partial charge is 0.447 e. The number of oxazole rings is 1. The molecule has 188 valence electrons. The van der Waals surface area contributed by atoms with Crippen molar-refractivity contribution < 1.29 is 9.21 Å². The number of hydrogen-bond donors (Lipinski definition) is 2. The first-order valence-electron chi connectivity index (χ1n) is 12.5. The molecule has 0 aliphatic heterocycles. The maximum atomic E-state index is 12.6. The quantitative estimate of drug-likeness (QED) is 0.274. The number of carbonyl (C=O) groups is 1. The maximum absolute atomic E-state index is 12.6. The van der Waals surface area contributed by atoms with Gasteiger partial charge in [-0.1, -0.05) is 48.0 Å². The topological polar surface area (TPSA) is 87.0 Å². The van der Waals surface area contributed by atoms with E-state index in [9.17, 15) is 4.79 Å². The van der Waals surface area contributed by atoms with E-state index in [0.717, 1.165) is 30.6 Å². The molecule has 0 bridgehead atoms. The molecule has 5 aromatic rings. The number of carbonyl (C=O) groups excluding carboxylic acids is 1. The minimum Gasteiger partial charge on any atom is -0.447 e. The first-order valence-corrected chi connectivity index (χ1v) is 12.5. The number of nitrogens with zero attached hydrogens (tertiary/aromatic N) is 3. The smallest absolute Gasteiger partial charge is 0.273 e. The molecular formula is C30H31N5O2. The number of pyridine rings is 1. The second-order valence-corrected chi connectivity index (χ2v) is 9.42. The summed E-state index contributed by atoms with van der Waals surface area (Å²) < 4.78 is 5.73. The van der Waals surface area contributed by atoms with E-state index < -0.39 is 0 Å². The molecule has 0 atom stereocenters. The van der Waals surface area contributed by atoms with E-state index in [4.69, 9.17) is 4.42 Å². The fraction of sp³-hybridized carbons (Fsp3) is 0.233. The van der Waals surface area contributed by atoms with Crippen molar-refractivity contribution >= 4 is 16.8 Å². The van der Waals surface area contributed by atoms with Crippen LogP contribution in [0.15, 0.2) is 83.9 Å². The van der Waals surface area contributed by atoms with Crippen molar-refractivity contribution in [2.45, 2.75) is 39.9 Å². The molecule has 0 aliphatic rings. The van der Waals surface area contributed by atoms with Gasteiger partial charge < -0.3 is 14.7 Å². The Balaban J connectivity index is 1.29. The van der Waals surface area contributed by atoms with Crippen LogP contribution < -0.4 is 5.32 Å². The van der Waals surface area contributed by atoms with E-state index in [1.165, 1.54) is 33.9 Å². The summed E-state index contributed by atoms with van der Waals surface area (Å²) in [6.45, 7) is 6.73. The van der Waals surface area contributed by atoms with Crippen molar-refractivity contribution in [3.8, 4) is 0 Å². The van der Waals surface area contributed by atoms with Gasteiger partial charge in [0.1, 0.15) is 6.26 Å². The molecule has 0 saturated heterocycles. The Morgan fingerprint density at radius 3 is 2.78 bits per heavy atom. The molecule has 2 N–H and O–H groups in total. The third kappa shape index (κ3) is 6.13. The van der Waals surface area contributed by atoms with Gasteiger partial charge in [0.15, 0.2) is 5.69 Å². The van der Waals surface area contributed by atoms with Crippen LogP contribution in [-0.2, 0) is 26.1 Å². The number of hydrogen-bond acceptors (Lipinski definition) is 5. The molecule has 7 heteroatoms. The average Bonchev–Trinajstić information content (AvgIpc) is 3.55. The Kier molecular flexibility index (Phi) is 7.42. The van der Waals surface area contributed by atoms with Gasteiger partial charge in [0.25, 0.3) is 5.91 Å². The fourth-order valence-electron chi connectivity index (χ4n) is 4.55. The summed E-state index contributed by atoms with van der Waals surface area (Å²) >= 11 is 0.